The third kappa shape index (κ3) is 5.21. The number of cyclic esters (lactones) is 1. The second-order valence-electron chi connectivity index (χ2n) is 7.49. The zero-order valence-electron chi connectivity index (χ0n) is 16.6. The minimum absolute atomic E-state index is 0.118. The topological polar surface area (TPSA) is 133 Å². The Balaban J connectivity index is 0.000000360. The number of hydrogen-bond donors (Lipinski definition) is 4. The van der Waals surface area contributed by atoms with Crippen LogP contribution >= 0.6 is 15.9 Å². The van der Waals surface area contributed by atoms with Gasteiger partial charge < -0.3 is 25.5 Å². The summed E-state index contributed by atoms with van der Waals surface area (Å²) in [5.41, 5.74) is 0.810. The highest BCUT2D eigenvalue weighted by Gasteiger charge is 2.49. The number of aliphatic carboxylic acids is 1. The van der Waals surface area contributed by atoms with E-state index < -0.39 is 12.1 Å². The normalized spacial score (nSPS) is 19.9. The summed E-state index contributed by atoms with van der Waals surface area (Å²) in [6, 6.07) is 1.80. The van der Waals surface area contributed by atoms with Crippen LogP contribution in [0.25, 0.3) is 11.0 Å². The van der Waals surface area contributed by atoms with E-state index in [9.17, 15) is 22.8 Å². The van der Waals surface area contributed by atoms with Gasteiger partial charge in [-0.2, -0.15) is 13.2 Å². The molecule has 2 aliphatic rings. The van der Waals surface area contributed by atoms with Gasteiger partial charge in [-0.3, -0.25) is 9.59 Å². The summed E-state index contributed by atoms with van der Waals surface area (Å²) in [5, 5.41) is 14.0. The van der Waals surface area contributed by atoms with Gasteiger partial charge in [-0.25, -0.2) is 9.78 Å². The Labute approximate surface area is 188 Å². The van der Waals surface area contributed by atoms with E-state index in [-0.39, 0.29) is 23.4 Å². The van der Waals surface area contributed by atoms with Gasteiger partial charge in [0.05, 0.1) is 17.5 Å². The molecule has 0 aromatic carbocycles. The van der Waals surface area contributed by atoms with Crippen LogP contribution in [0.1, 0.15) is 29.6 Å². The number of fused-ring (bicyclic) bond motifs is 1. The fourth-order valence-corrected chi connectivity index (χ4v) is 4.28. The molecule has 1 atom stereocenters. The number of H-pyrrole nitrogens is 1. The first-order valence-electron chi connectivity index (χ1n) is 9.65. The molecule has 0 aliphatic carbocycles. The van der Waals surface area contributed by atoms with Crippen LogP contribution in [0.4, 0.5) is 13.2 Å². The van der Waals surface area contributed by atoms with Crippen molar-refractivity contribution in [2.24, 2.45) is 5.41 Å². The molecule has 2 aromatic rings. The predicted octanol–water partition coefficient (Wildman–Crippen LogP) is 2.37. The molecule has 174 valence electrons. The number of amides is 1. The number of ether oxygens (including phenoxy) is 1. The number of hydrogen-bond acceptors (Lipinski definition) is 6. The molecular weight excluding hydrogens is 501 g/mol. The Morgan fingerprint density at radius 1 is 1.34 bits per heavy atom. The molecule has 0 radical (unpaired) electrons. The fourth-order valence-electron chi connectivity index (χ4n) is 3.76. The number of carboxylic acid groups (broad SMARTS) is 1. The Kier molecular flexibility index (Phi) is 7.08. The minimum Gasteiger partial charge on any atom is -0.475 e. The quantitative estimate of drug-likeness (QED) is 0.456. The van der Waals surface area contributed by atoms with Gasteiger partial charge in [0.2, 0.25) is 0 Å². The maximum Gasteiger partial charge on any atom is 0.490 e. The highest BCUT2D eigenvalue weighted by molar-refractivity contribution is 9.10. The van der Waals surface area contributed by atoms with E-state index in [1.165, 1.54) is 0 Å². The van der Waals surface area contributed by atoms with E-state index in [1.807, 2.05) is 0 Å². The van der Waals surface area contributed by atoms with Gasteiger partial charge in [0.15, 0.2) is 0 Å². The summed E-state index contributed by atoms with van der Waals surface area (Å²) in [6.45, 7) is 2.00. The molecule has 4 N–H and O–H groups in total. The second-order valence-corrected chi connectivity index (χ2v) is 8.35. The molecule has 2 aliphatic heterocycles. The smallest absolute Gasteiger partial charge is 0.475 e. The second kappa shape index (κ2) is 9.45. The van der Waals surface area contributed by atoms with Crippen molar-refractivity contribution >= 4 is 44.8 Å². The van der Waals surface area contributed by atoms with Crippen LogP contribution in [0.2, 0.25) is 0 Å². The van der Waals surface area contributed by atoms with Gasteiger partial charge in [0, 0.05) is 28.7 Å². The van der Waals surface area contributed by atoms with Crippen molar-refractivity contribution in [3.63, 3.8) is 0 Å². The molecule has 0 bridgehead atoms. The molecule has 1 spiro atoms. The average Bonchev–Trinajstić information content (AvgIpc) is 3.29. The zero-order chi connectivity index (χ0) is 23.5. The van der Waals surface area contributed by atoms with Crippen molar-refractivity contribution < 1.29 is 37.4 Å². The summed E-state index contributed by atoms with van der Waals surface area (Å²) in [5.74, 6) is -3.08. The van der Waals surface area contributed by atoms with Crippen molar-refractivity contribution in [1.82, 2.24) is 20.6 Å². The Morgan fingerprint density at radius 3 is 2.62 bits per heavy atom. The molecule has 13 heteroatoms. The van der Waals surface area contributed by atoms with Gasteiger partial charge in [-0.15, -0.1) is 0 Å². The molecule has 2 fully saturated rings. The van der Waals surface area contributed by atoms with E-state index in [1.54, 1.807) is 18.5 Å². The van der Waals surface area contributed by atoms with E-state index in [4.69, 9.17) is 14.6 Å². The van der Waals surface area contributed by atoms with Gasteiger partial charge in [0.25, 0.3) is 5.91 Å². The lowest BCUT2D eigenvalue weighted by atomic mass is 9.76. The third-order valence-corrected chi connectivity index (χ3v) is 6.05. The monoisotopic (exact) mass is 520 g/mol. The number of halogens is 4. The number of carboxylic acids is 1. The van der Waals surface area contributed by atoms with Crippen molar-refractivity contribution in [3.05, 3.63) is 28.5 Å². The van der Waals surface area contributed by atoms with Crippen LogP contribution in [0.15, 0.2) is 22.9 Å². The third-order valence-electron chi connectivity index (χ3n) is 5.39. The van der Waals surface area contributed by atoms with Crippen LogP contribution in [-0.4, -0.2) is 64.8 Å². The van der Waals surface area contributed by atoms with Crippen molar-refractivity contribution in [3.8, 4) is 0 Å². The van der Waals surface area contributed by atoms with Crippen LogP contribution in [-0.2, 0) is 14.3 Å². The number of pyridine rings is 1. The van der Waals surface area contributed by atoms with Gasteiger partial charge >= 0.3 is 18.1 Å². The first-order valence-corrected chi connectivity index (χ1v) is 10.4. The molecule has 4 heterocycles. The highest BCUT2D eigenvalue weighted by atomic mass is 79.9. The maximum atomic E-state index is 12.5. The van der Waals surface area contributed by atoms with Crippen molar-refractivity contribution in [2.75, 3.05) is 19.6 Å². The zero-order valence-corrected chi connectivity index (χ0v) is 18.2. The number of aromatic amines is 1. The number of carbonyl (C=O) groups is 3. The van der Waals surface area contributed by atoms with Gasteiger partial charge in [0.1, 0.15) is 11.8 Å². The van der Waals surface area contributed by atoms with E-state index in [2.05, 4.69) is 36.5 Å². The highest BCUT2D eigenvalue weighted by Crippen LogP contribution is 2.41. The van der Waals surface area contributed by atoms with Crippen LogP contribution < -0.4 is 10.6 Å². The Hall–Kier alpha value is -2.67. The first-order chi connectivity index (χ1) is 15.0. The van der Waals surface area contributed by atoms with E-state index in [0.717, 1.165) is 35.8 Å². The number of rotatable bonds is 3. The summed E-state index contributed by atoms with van der Waals surface area (Å²) in [4.78, 5) is 40.9. The van der Waals surface area contributed by atoms with Crippen molar-refractivity contribution in [2.45, 2.75) is 31.5 Å². The first kappa shape index (κ1) is 24.0. The van der Waals surface area contributed by atoms with Crippen molar-refractivity contribution in [1.29, 1.82) is 0 Å². The number of nitrogens with one attached hydrogen (secondary N) is 3. The lowest BCUT2D eigenvalue weighted by Crippen LogP contribution is -2.39. The average molecular weight is 521 g/mol. The Bertz CT molecular complexity index is 1020. The summed E-state index contributed by atoms with van der Waals surface area (Å²) in [6.07, 6.45) is 0.247. The van der Waals surface area contributed by atoms with E-state index in [0.29, 0.717) is 24.2 Å². The standard InChI is InChI=1S/C17H19BrN4O3.C2HF3O2/c18-12-1-4-20-14-13(12)11(9-21-14)15(23)22-8-10-7-17(16(24)25-10)2-5-19-6-3-17;3-2(4,5)1(6)7/h1,4,9-10,19H,2-3,5-8H2,(H,20,21)(H,22,23);(H,6,7). The lowest BCUT2D eigenvalue weighted by Gasteiger charge is -2.29. The largest absolute Gasteiger partial charge is 0.490 e. The maximum absolute atomic E-state index is 12.5. The van der Waals surface area contributed by atoms with Gasteiger partial charge in [-0.1, -0.05) is 0 Å². The predicted molar refractivity (Wildman–Crippen MR) is 109 cm³/mol. The number of carbonyl (C=O) groups excluding carboxylic acids is 2. The van der Waals surface area contributed by atoms with Gasteiger partial charge in [-0.05, 0) is 47.9 Å². The lowest BCUT2D eigenvalue weighted by molar-refractivity contribution is -0.192. The fraction of sp³-hybridized carbons (Fsp3) is 0.474. The summed E-state index contributed by atoms with van der Waals surface area (Å²) < 4.78 is 38.1. The molecule has 2 aromatic heterocycles. The van der Waals surface area contributed by atoms with Crippen LogP contribution in [0.5, 0.6) is 0 Å². The molecule has 9 nitrogen and oxygen atoms in total. The molecule has 2 saturated heterocycles. The molecule has 1 unspecified atom stereocenters. The number of esters is 1. The minimum atomic E-state index is -5.08. The molecule has 0 saturated carbocycles. The number of piperidine rings is 1. The molecule has 1 amide bonds. The summed E-state index contributed by atoms with van der Waals surface area (Å²) in [7, 11) is 0. The number of alkyl halides is 3. The number of aromatic nitrogens is 2. The van der Waals surface area contributed by atoms with Crippen LogP contribution in [0.3, 0.4) is 0 Å². The SMILES string of the molecule is O=C(NCC1CC2(CCNCC2)C(=O)O1)c1c[nH]c2nccc(Br)c12.O=C(O)C(F)(F)F. The van der Waals surface area contributed by atoms with Crippen LogP contribution in [0, 0.1) is 5.41 Å². The molecule has 32 heavy (non-hydrogen) atoms. The van der Waals surface area contributed by atoms with E-state index >= 15 is 0 Å². The Morgan fingerprint density at radius 2 is 2.00 bits per heavy atom. The molecule has 4 rings (SSSR count). The summed E-state index contributed by atoms with van der Waals surface area (Å²) >= 11 is 3.45. The number of nitrogens with zero attached hydrogens (tertiary/aromatic N) is 1. The molecular formula is C19H20BrF3N4O5.